The number of ether oxygens (including phenoxy) is 1. The highest BCUT2D eigenvalue weighted by Crippen LogP contribution is 2.23. The zero-order valence-electron chi connectivity index (χ0n) is 12.4. The van der Waals surface area contributed by atoms with Gasteiger partial charge in [0.05, 0.1) is 29.1 Å². The highest BCUT2D eigenvalue weighted by molar-refractivity contribution is 7.89. The molecular weight excluding hydrogens is 332 g/mol. The van der Waals surface area contributed by atoms with Gasteiger partial charge in [0.25, 0.3) is 0 Å². The molecule has 0 spiro atoms. The number of sulfonamides is 1. The number of carbonyl (C=O) groups excluding carboxylic acids is 2. The molecule has 122 valence electrons. The van der Waals surface area contributed by atoms with Crippen molar-refractivity contribution >= 4 is 39.2 Å². The van der Waals surface area contributed by atoms with Crippen molar-refractivity contribution in [2.75, 3.05) is 32.3 Å². The third kappa shape index (κ3) is 4.97. The quantitative estimate of drug-likeness (QED) is 0.783. The molecule has 0 aromatic heterocycles. The first-order valence-electron chi connectivity index (χ1n) is 6.25. The van der Waals surface area contributed by atoms with Crippen LogP contribution < -0.4 is 5.32 Å². The van der Waals surface area contributed by atoms with Crippen molar-refractivity contribution in [3.8, 4) is 0 Å². The summed E-state index contributed by atoms with van der Waals surface area (Å²) < 4.78 is 28.8. The van der Waals surface area contributed by atoms with Crippen LogP contribution in [0.1, 0.15) is 16.8 Å². The van der Waals surface area contributed by atoms with E-state index in [4.69, 9.17) is 11.6 Å². The van der Waals surface area contributed by atoms with Gasteiger partial charge < -0.3 is 10.1 Å². The van der Waals surface area contributed by atoms with Crippen LogP contribution in [-0.2, 0) is 19.6 Å². The van der Waals surface area contributed by atoms with Gasteiger partial charge in [-0.25, -0.2) is 17.5 Å². The molecular formula is C13H17ClN2O5S. The number of halogens is 1. The molecule has 0 radical (unpaired) electrons. The predicted molar refractivity (Wildman–Crippen MR) is 83.5 cm³/mol. The van der Waals surface area contributed by atoms with Crippen molar-refractivity contribution in [1.29, 1.82) is 0 Å². The van der Waals surface area contributed by atoms with Gasteiger partial charge in [-0.05, 0) is 18.2 Å². The number of carbonyl (C=O) groups is 2. The molecule has 22 heavy (non-hydrogen) atoms. The van der Waals surface area contributed by atoms with Crippen LogP contribution in [0.15, 0.2) is 18.2 Å². The second-order valence-corrected chi connectivity index (χ2v) is 7.29. The van der Waals surface area contributed by atoms with Crippen LogP contribution in [0.3, 0.4) is 0 Å². The Kier molecular flexibility index (Phi) is 6.34. The molecule has 9 heteroatoms. The number of nitrogens with zero attached hydrogens (tertiary/aromatic N) is 1. The molecule has 1 aromatic carbocycles. The van der Waals surface area contributed by atoms with Gasteiger partial charge in [0.15, 0.2) is 0 Å². The number of hydrogen-bond acceptors (Lipinski definition) is 5. The molecule has 0 atom stereocenters. The third-order valence-electron chi connectivity index (χ3n) is 2.80. The molecule has 1 rings (SSSR count). The average Bonchev–Trinajstić information content (AvgIpc) is 2.46. The average molecular weight is 349 g/mol. The Morgan fingerprint density at radius 3 is 2.50 bits per heavy atom. The second kappa shape index (κ2) is 7.57. The summed E-state index contributed by atoms with van der Waals surface area (Å²) in [5.41, 5.74) is 0.444. The van der Waals surface area contributed by atoms with Gasteiger partial charge in [-0.1, -0.05) is 11.6 Å². The molecule has 0 heterocycles. The molecule has 0 fully saturated rings. The van der Waals surface area contributed by atoms with Crippen molar-refractivity contribution in [2.24, 2.45) is 0 Å². The van der Waals surface area contributed by atoms with Crippen LogP contribution in [0.4, 0.5) is 5.69 Å². The van der Waals surface area contributed by atoms with Gasteiger partial charge in [0, 0.05) is 20.5 Å². The van der Waals surface area contributed by atoms with Crippen molar-refractivity contribution < 1.29 is 22.7 Å². The fraction of sp³-hybridized carbons (Fsp3) is 0.385. The minimum Gasteiger partial charge on any atom is -0.465 e. The summed E-state index contributed by atoms with van der Waals surface area (Å²) in [4.78, 5) is 23.2. The molecule has 0 aliphatic heterocycles. The lowest BCUT2D eigenvalue weighted by atomic mass is 10.2. The zero-order chi connectivity index (χ0) is 16.9. The Morgan fingerprint density at radius 2 is 1.95 bits per heavy atom. The Balaban J connectivity index is 2.78. The fourth-order valence-corrected chi connectivity index (χ4v) is 2.46. The Morgan fingerprint density at radius 1 is 1.32 bits per heavy atom. The number of esters is 1. The summed E-state index contributed by atoms with van der Waals surface area (Å²) in [7, 11) is 0.567. The Bertz CT molecular complexity index is 673. The Hall–Kier alpha value is -1.64. The van der Waals surface area contributed by atoms with Gasteiger partial charge >= 0.3 is 5.97 Å². The zero-order valence-corrected chi connectivity index (χ0v) is 14.0. The Labute approximate surface area is 134 Å². The SMILES string of the molecule is COC(=O)c1ccc(Cl)c(NC(=O)CCS(=O)(=O)N(C)C)c1. The summed E-state index contributed by atoms with van der Waals surface area (Å²) in [5, 5.41) is 2.71. The molecule has 0 aliphatic rings. The molecule has 0 unspecified atom stereocenters. The van der Waals surface area contributed by atoms with E-state index >= 15 is 0 Å². The molecule has 0 saturated heterocycles. The first-order chi connectivity index (χ1) is 10.2. The van der Waals surface area contributed by atoms with E-state index < -0.39 is 21.9 Å². The number of anilines is 1. The number of benzene rings is 1. The lowest BCUT2D eigenvalue weighted by Gasteiger charge is -2.12. The highest BCUT2D eigenvalue weighted by atomic mass is 35.5. The topological polar surface area (TPSA) is 92.8 Å². The molecule has 1 N–H and O–H groups in total. The first kappa shape index (κ1) is 18.4. The van der Waals surface area contributed by atoms with Crippen molar-refractivity contribution in [2.45, 2.75) is 6.42 Å². The summed E-state index contributed by atoms with van der Waals surface area (Å²) in [6, 6.07) is 4.27. The third-order valence-corrected chi connectivity index (χ3v) is 4.97. The minimum absolute atomic E-state index is 0.219. The van der Waals surface area contributed by atoms with E-state index in [0.717, 1.165) is 4.31 Å². The number of hydrogen-bond donors (Lipinski definition) is 1. The maximum atomic E-state index is 11.8. The summed E-state index contributed by atoms with van der Waals surface area (Å²) >= 11 is 5.94. The van der Waals surface area contributed by atoms with Crippen LogP contribution in [-0.4, -0.2) is 51.6 Å². The molecule has 0 saturated carbocycles. The second-order valence-electron chi connectivity index (χ2n) is 4.58. The van der Waals surface area contributed by atoms with E-state index in [1.54, 1.807) is 0 Å². The highest BCUT2D eigenvalue weighted by Gasteiger charge is 2.17. The van der Waals surface area contributed by atoms with Gasteiger partial charge in [0.1, 0.15) is 0 Å². The van der Waals surface area contributed by atoms with E-state index in [2.05, 4.69) is 10.1 Å². The minimum atomic E-state index is -3.46. The molecule has 1 aromatic rings. The van der Waals surface area contributed by atoms with Crippen LogP contribution in [0.25, 0.3) is 0 Å². The van der Waals surface area contributed by atoms with E-state index in [9.17, 15) is 18.0 Å². The van der Waals surface area contributed by atoms with E-state index in [1.807, 2.05) is 0 Å². The van der Waals surface area contributed by atoms with Crippen molar-refractivity contribution in [3.05, 3.63) is 28.8 Å². The number of amides is 1. The van der Waals surface area contributed by atoms with Crippen LogP contribution in [0, 0.1) is 0 Å². The fourth-order valence-electron chi connectivity index (χ4n) is 1.48. The lowest BCUT2D eigenvalue weighted by Crippen LogP contribution is -2.27. The molecule has 7 nitrogen and oxygen atoms in total. The van der Waals surface area contributed by atoms with Gasteiger partial charge in [-0.15, -0.1) is 0 Å². The standard InChI is InChI=1S/C13H17ClN2O5S/c1-16(2)22(19,20)7-6-12(17)15-11-8-9(13(18)21-3)4-5-10(11)14/h4-5,8H,6-7H2,1-3H3,(H,15,17). The van der Waals surface area contributed by atoms with E-state index in [0.29, 0.717) is 0 Å². The van der Waals surface area contributed by atoms with Crippen molar-refractivity contribution in [3.63, 3.8) is 0 Å². The summed E-state index contributed by atoms with van der Waals surface area (Å²) in [6.45, 7) is 0. The normalized spacial score (nSPS) is 11.3. The van der Waals surface area contributed by atoms with Crippen LogP contribution in [0.2, 0.25) is 5.02 Å². The number of methoxy groups -OCH3 is 1. The monoisotopic (exact) mass is 348 g/mol. The first-order valence-corrected chi connectivity index (χ1v) is 8.24. The molecule has 0 bridgehead atoms. The van der Waals surface area contributed by atoms with Crippen LogP contribution >= 0.6 is 11.6 Å². The molecule has 0 aliphatic carbocycles. The summed E-state index contributed by atoms with van der Waals surface area (Å²) in [5.74, 6) is -1.41. The maximum absolute atomic E-state index is 11.8. The smallest absolute Gasteiger partial charge is 0.337 e. The maximum Gasteiger partial charge on any atom is 0.337 e. The molecule has 1 amide bonds. The lowest BCUT2D eigenvalue weighted by molar-refractivity contribution is -0.115. The number of nitrogens with one attached hydrogen (secondary N) is 1. The predicted octanol–water partition coefficient (Wildman–Crippen LogP) is 1.35. The van der Waals surface area contributed by atoms with Gasteiger partial charge in [-0.2, -0.15) is 0 Å². The largest absolute Gasteiger partial charge is 0.465 e. The summed E-state index contributed by atoms with van der Waals surface area (Å²) in [6.07, 6.45) is -0.223. The number of rotatable bonds is 6. The van der Waals surface area contributed by atoms with E-state index in [1.165, 1.54) is 39.4 Å². The van der Waals surface area contributed by atoms with E-state index in [-0.39, 0.29) is 28.4 Å². The van der Waals surface area contributed by atoms with Gasteiger partial charge in [0.2, 0.25) is 15.9 Å². The van der Waals surface area contributed by atoms with Crippen molar-refractivity contribution in [1.82, 2.24) is 4.31 Å². The van der Waals surface area contributed by atoms with Crippen LogP contribution in [0.5, 0.6) is 0 Å². The van der Waals surface area contributed by atoms with Gasteiger partial charge in [-0.3, -0.25) is 4.79 Å².